The van der Waals surface area contributed by atoms with Crippen molar-refractivity contribution in [1.82, 2.24) is 4.90 Å². The van der Waals surface area contributed by atoms with E-state index in [2.05, 4.69) is 0 Å². The van der Waals surface area contributed by atoms with Crippen LogP contribution in [0.15, 0.2) is 0 Å². The molecule has 2 N–H and O–H groups in total. The highest BCUT2D eigenvalue weighted by Gasteiger charge is 2.46. The minimum absolute atomic E-state index is 0.0188. The van der Waals surface area contributed by atoms with E-state index >= 15 is 0 Å². The Morgan fingerprint density at radius 1 is 1.32 bits per heavy atom. The van der Waals surface area contributed by atoms with E-state index in [1.54, 1.807) is 20.8 Å². The number of carbonyl (C=O) groups excluding carboxylic acids is 2. The summed E-state index contributed by atoms with van der Waals surface area (Å²) < 4.78 is 10.4. The maximum Gasteiger partial charge on any atom is 0.410 e. The van der Waals surface area contributed by atoms with Crippen molar-refractivity contribution < 1.29 is 29.1 Å². The zero-order valence-corrected chi connectivity index (χ0v) is 14.4. The van der Waals surface area contributed by atoms with Crippen LogP contribution in [-0.2, 0) is 14.3 Å². The number of aliphatic hydroxyl groups excluding tert-OH is 1. The maximum atomic E-state index is 12.3. The molecule has 0 aromatic heterocycles. The topological polar surface area (TPSA) is 80.5 Å². The molecule has 7 nitrogen and oxygen atoms in total. The molecular formula is C15H29N2O5+. The van der Waals surface area contributed by atoms with Crippen LogP contribution >= 0.6 is 0 Å². The molecule has 0 bridgehead atoms. The highest BCUT2D eigenvalue weighted by molar-refractivity contribution is 5.69. The van der Waals surface area contributed by atoms with Crippen molar-refractivity contribution >= 4 is 12.1 Å². The molecule has 3 atom stereocenters. The fourth-order valence-corrected chi connectivity index (χ4v) is 2.63. The van der Waals surface area contributed by atoms with Gasteiger partial charge >= 0.3 is 12.1 Å². The molecule has 0 aromatic rings. The lowest BCUT2D eigenvalue weighted by atomic mass is 10.0. The van der Waals surface area contributed by atoms with Crippen LogP contribution in [0.1, 0.15) is 27.7 Å². The van der Waals surface area contributed by atoms with E-state index in [1.165, 1.54) is 16.7 Å². The van der Waals surface area contributed by atoms with Crippen molar-refractivity contribution in [2.45, 2.75) is 45.4 Å². The number of hydrogen-bond donors (Lipinski definition) is 2. The normalized spacial score (nSPS) is 25.5. The third-order valence-electron chi connectivity index (χ3n) is 3.46. The summed E-state index contributed by atoms with van der Waals surface area (Å²) in [7, 11) is 3.98. The molecule has 1 fully saturated rings. The van der Waals surface area contributed by atoms with Gasteiger partial charge in [-0.05, 0) is 20.8 Å². The number of nitrogens with one attached hydrogen (secondary N) is 1. The van der Waals surface area contributed by atoms with Gasteiger partial charge in [0.25, 0.3) is 0 Å². The number of quaternary nitrogens is 1. The lowest BCUT2D eigenvalue weighted by Crippen LogP contribution is -3.06. The van der Waals surface area contributed by atoms with Gasteiger partial charge in [0.15, 0.2) is 0 Å². The van der Waals surface area contributed by atoms with Crippen molar-refractivity contribution in [1.29, 1.82) is 0 Å². The van der Waals surface area contributed by atoms with Gasteiger partial charge in [0.2, 0.25) is 0 Å². The first kappa shape index (κ1) is 18.7. The Bertz CT molecular complexity index is 405. The molecule has 22 heavy (non-hydrogen) atoms. The second-order valence-electron chi connectivity index (χ2n) is 7.16. The number of esters is 1. The molecule has 0 unspecified atom stereocenters. The van der Waals surface area contributed by atoms with Crippen LogP contribution in [0.25, 0.3) is 0 Å². The number of amides is 1. The van der Waals surface area contributed by atoms with Crippen molar-refractivity contribution in [3.8, 4) is 0 Å². The third kappa shape index (κ3) is 5.46. The van der Waals surface area contributed by atoms with Crippen LogP contribution in [0, 0.1) is 5.92 Å². The second kappa shape index (κ2) is 7.28. The van der Waals surface area contributed by atoms with Gasteiger partial charge < -0.3 is 19.5 Å². The second-order valence-corrected chi connectivity index (χ2v) is 7.16. The number of hydrogen-bond acceptors (Lipinski definition) is 5. The molecule has 1 rings (SSSR count). The lowest BCUT2D eigenvalue weighted by molar-refractivity contribution is -0.862. The molecule has 128 valence electrons. The van der Waals surface area contributed by atoms with E-state index in [1.807, 2.05) is 14.1 Å². The van der Waals surface area contributed by atoms with Crippen LogP contribution in [0.3, 0.4) is 0 Å². The predicted molar refractivity (Wildman–Crippen MR) is 80.5 cm³/mol. The predicted octanol–water partition coefficient (Wildman–Crippen LogP) is -0.710. The summed E-state index contributed by atoms with van der Waals surface area (Å²) in [6.45, 7) is 7.78. The number of nitrogens with zero attached hydrogens (tertiary/aromatic N) is 1. The summed E-state index contributed by atoms with van der Waals surface area (Å²) in [4.78, 5) is 26.0. The van der Waals surface area contributed by atoms with Crippen LogP contribution in [0.2, 0.25) is 0 Å². The fraction of sp³-hybridized carbons (Fsp3) is 0.867. The highest BCUT2D eigenvalue weighted by Crippen LogP contribution is 2.25. The monoisotopic (exact) mass is 317 g/mol. The Kier molecular flexibility index (Phi) is 6.19. The van der Waals surface area contributed by atoms with Gasteiger partial charge in [-0.15, -0.1) is 0 Å². The molecule has 1 aliphatic heterocycles. The average molecular weight is 317 g/mol. The standard InChI is InChI=1S/C15H28N2O5/c1-10(18)21-9-12-13(19)11(7-16(5)6)8-17(12)14(20)22-15(2,3)4/h11-13,19H,7-9H2,1-6H3/p+1/t11-,12+,13-/m0/s1. The number of aliphatic hydroxyl groups is 1. The minimum Gasteiger partial charge on any atom is -0.464 e. The van der Waals surface area contributed by atoms with Gasteiger partial charge in [-0.2, -0.15) is 0 Å². The number of ether oxygens (including phenoxy) is 2. The largest absolute Gasteiger partial charge is 0.464 e. The van der Waals surface area contributed by atoms with E-state index < -0.39 is 29.8 Å². The van der Waals surface area contributed by atoms with Crippen molar-refractivity contribution in [3.63, 3.8) is 0 Å². The molecule has 7 heteroatoms. The molecule has 0 radical (unpaired) electrons. The summed E-state index contributed by atoms with van der Waals surface area (Å²) in [5.74, 6) is -0.504. The SMILES string of the molecule is CC(=O)OC[C@@H]1[C@@H](O)[C@@H](C[NH+](C)C)CN1C(=O)OC(C)(C)C. The molecule has 0 aliphatic carbocycles. The summed E-state index contributed by atoms with van der Waals surface area (Å²) in [5, 5.41) is 10.5. The molecule has 0 saturated carbocycles. The van der Waals surface area contributed by atoms with Crippen LogP contribution < -0.4 is 4.90 Å². The van der Waals surface area contributed by atoms with E-state index in [0.717, 1.165) is 6.54 Å². The third-order valence-corrected chi connectivity index (χ3v) is 3.46. The van der Waals surface area contributed by atoms with Crippen LogP contribution in [0.5, 0.6) is 0 Å². The number of likely N-dealkylation sites (tertiary alicyclic amines) is 1. The molecule has 0 aromatic carbocycles. The van der Waals surface area contributed by atoms with E-state index in [0.29, 0.717) is 6.54 Å². The average Bonchev–Trinajstić information content (AvgIpc) is 2.61. The number of carbonyl (C=O) groups is 2. The first-order valence-corrected chi connectivity index (χ1v) is 7.61. The molecule has 0 spiro atoms. The fourth-order valence-electron chi connectivity index (χ4n) is 2.63. The first-order valence-electron chi connectivity index (χ1n) is 7.61. The van der Waals surface area contributed by atoms with Crippen molar-refractivity contribution in [3.05, 3.63) is 0 Å². The Morgan fingerprint density at radius 2 is 1.91 bits per heavy atom. The molecule has 1 heterocycles. The van der Waals surface area contributed by atoms with Gasteiger partial charge in [0.05, 0.1) is 38.7 Å². The van der Waals surface area contributed by atoms with Crippen LogP contribution in [0.4, 0.5) is 4.79 Å². The molecular weight excluding hydrogens is 288 g/mol. The quantitative estimate of drug-likeness (QED) is 0.670. The van der Waals surface area contributed by atoms with E-state index in [-0.39, 0.29) is 12.5 Å². The van der Waals surface area contributed by atoms with Crippen LogP contribution in [-0.4, -0.2) is 73.6 Å². The summed E-state index contributed by atoms with van der Waals surface area (Å²) >= 11 is 0. The Hall–Kier alpha value is -1.34. The van der Waals surface area contributed by atoms with E-state index in [9.17, 15) is 14.7 Å². The van der Waals surface area contributed by atoms with Crippen molar-refractivity contribution in [2.24, 2.45) is 5.92 Å². The summed E-state index contributed by atoms with van der Waals surface area (Å²) in [5.41, 5.74) is -0.612. The molecule has 1 saturated heterocycles. The van der Waals surface area contributed by atoms with E-state index in [4.69, 9.17) is 9.47 Å². The van der Waals surface area contributed by atoms with Gasteiger partial charge in [-0.1, -0.05) is 0 Å². The summed E-state index contributed by atoms with van der Waals surface area (Å²) in [6.07, 6.45) is -1.22. The molecule has 1 amide bonds. The van der Waals surface area contributed by atoms with Gasteiger partial charge in [-0.3, -0.25) is 9.69 Å². The zero-order valence-electron chi connectivity index (χ0n) is 14.4. The smallest absolute Gasteiger partial charge is 0.410 e. The molecule has 1 aliphatic rings. The summed E-state index contributed by atoms with van der Waals surface area (Å²) in [6, 6.07) is -0.567. The Labute approximate surface area is 132 Å². The number of rotatable bonds is 4. The Morgan fingerprint density at radius 3 is 2.36 bits per heavy atom. The van der Waals surface area contributed by atoms with Gasteiger partial charge in [-0.25, -0.2) is 4.79 Å². The van der Waals surface area contributed by atoms with Crippen molar-refractivity contribution in [2.75, 3.05) is 33.8 Å². The first-order chi connectivity index (χ1) is 10.0. The Balaban J connectivity index is 2.84. The zero-order chi connectivity index (χ0) is 17.1. The van der Waals surface area contributed by atoms with Gasteiger partial charge in [0, 0.05) is 13.5 Å². The highest BCUT2D eigenvalue weighted by atomic mass is 16.6. The maximum absolute atomic E-state index is 12.3. The van der Waals surface area contributed by atoms with Gasteiger partial charge in [0.1, 0.15) is 12.2 Å². The lowest BCUT2D eigenvalue weighted by Gasteiger charge is -2.28. The minimum atomic E-state index is -0.734.